The second kappa shape index (κ2) is 12.7. The van der Waals surface area contributed by atoms with E-state index in [1.807, 2.05) is 27.7 Å². The van der Waals surface area contributed by atoms with E-state index in [0.717, 1.165) is 26.2 Å². The molecule has 2 nitrogen and oxygen atoms in total. The third-order valence-corrected chi connectivity index (χ3v) is 4.58. The molecule has 1 aliphatic rings. The number of hydrogen-bond acceptors (Lipinski definition) is 2. The van der Waals surface area contributed by atoms with E-state index in [1.165, 1.54) is 24.0 Å². The van der Waals surface area contributed by atoms with E-state index in [1.54, 1.807) is 0 Å². The van der Waals surface area contributed by atoms with Crippen molar-refractivity contribution < 1.29 is 0 Å². The van der Waals surface area contributed by atoms with E-state index in [0.29, 0.717) is 0 Å². The Hall–Kier alpha value is -1.64. The zero-order valence-electron chi connectivity index (χ0n) is 16.5. The standard InChI is InChI=1S/C19H24N2.2C2H6/c1-3-7-17(8-4-1)15-21-16-19(11-13-20-14-12-19)18-9-5-2-6-10-18;2*1-2/h1-10,20-21H,11-16H2;2*1-2H3. The summed E-state index contributed by atoms with van der Waals surface area (Å²) in [5, 5.41) is 7.17. The van der Waals surface area contributed by atoms with Crippen LogP contribution in [0.3, 0.4) is 0 Å². The van der Waals surface area contributed by atoms with Crippen LogP contribution in [-0.4, -0.2) is 19.6 Å². The molecule has 1 aliphatic heterocycles. The molecule has 2 aromatic rings. The molecule has 25 heavy (non-hydrogen) atoms. The lowest BCUT2D eigenvalue weighted by atomic mass is 9.73. The van der Waals surface area contributed by atoms with Gasteiger partial charge in [-0.2, -0.15) is 0 Å². The van der Waals surface area contributed by atoms with Crippen LogP contribution in [0, 0.1) is 0 Å². The van der Waals surface area contributed by atoms with Crippen LogP contribution in [0.5, 0.6) is 0 Å². The predicted molar refractivity (Wildman–Crippen MR) is 111 cm³/mol. The number of rotatable bonds is 5. The molecule has 2 aromatic carbocycles. The van der Waals surface area contributed by atoms with E-state index in [9.17, 15) is 0 Å². The number of piperidine rings is 1. The summed E-state index contributed by atoms with van der Waals surface area (Å²) >= 11 is 0. The minimum absolute atomic E-state index is 0.279. The molecule has 3 rings (SSSR count). The molecule has 0 spiro atoms. The molecule has 0 aliphatic carbocycles. The highest BCUT2D eigenvalue weighted by molar-refractivity contribution is 5.27. The third kappa shape index (κ3) is 6.64. The maximum Gasteiger partial charge on any atom is 0.0205 e. The van der Waals surface area contributed by atoms with Crippen LogP contribution in [0.2, 0.25) is 0 Å². The van der Waals surface area contributed by atoms with E-state index in [-0.39, 0.29) is 5.41 Å². The monoisotopic (exact) mass is 340 g/mol. The molecule has 2 heteroatoms. The highest BCUT2D eigenvalue weighted by Gasteiger charge is 2.33. The quantitative estimate of drug-likeness (QED) is 0.786. The smallest absolute Gasteiger partial charge is 0.0205 e. The van der Waals surface area contributed by atoms with Crippen LogP contribution >= 0.6 is 0 Å². The molecule has 1 saturated heterocycles. The maximum atomic E-state index is 3.68. The van der Waals surface area contributed by atoms with E-state index in [4.69, 9.17) is 0 Å². The molecular weight excluding hydrogens is 304 g/mol. The van der Waals surface area contributed by atoms with Crippen LogP contribution in [0.4, 0.5) is 0 Å². The van der Waals surface area contributed by atoms with Crippen molar-refractivity contribution in [2.45, 2.75) is 52.5 Å². The van der Waals surface area contributed by atoms with Gasteiger partial charge in [0.1, 0.15) is 0 Å². The summed E-state index contributed by atoms with van der Waals surface area (Å²) in [5.74, 6) is 0. The van der Waals surface area contributed by atoms with Gasteiger partial charge in [0.25, 0.3) is 0 Å². The van der Waals surface area contributed by atoms with Gasteiger partial charge in [0.15, 0.2) is 0 Å². The second-order valence-corrected chi connectivity index (χ2v) is 5.99. The molecular formula is C23H36N2. The molecule has 0 amide bonds. The zero-order chi connectivity index (χ0) is 18.4. The van der Waals surface area contributed by atoms with Gasteiger partial charge < -0.3 is 10.6 Å². The summed E-state index contributed by atoms with van der Waals surface area (Å²) in [7, 11) is 0. The Labute approximate surface area is 155 Å². The van der Waals surface area contributed by atoms with Gasteiger partial charge in [-0.15, -0.1) is 0 Å². The Kier molecular flexibility index (Phi) is 10.9. The van der Waals surface area contributed by atoms with Crippen LogP contribution in [0.1, 0.15) is 51.7 Å². The van der Waals surface area contributed by atoms with Gasteiger partial charge in [0, 0.05) is 18.5 Å². The van der Waals surface area contributed by atoms with E-state index < -0.39 is 0 Å². The van der Waals surface area contributed by atoms with Crippen molar-refractivity contribution in [2.75, 3.05) is 19.6 Å². The van der Waals surface area contributed by atoms with Crippen molar-refractivity contribution in [3.05, 3.63) is 71.8 Å². The van der Waals surface area contributed by atoms with Crippen molar-refractivity contribution in [3.8, 4) is 0 Å². The van der Waals surface area contributed by atoms with E-state index >= 15 is 0 Å². The van der Waals surface area contributed by atoms with Gasteiger partial charge in [-0.1, -0.05) is 88.4 Å². The molecule has 138 valence electrons. The molecule has 2 N–H and O–H groups in total. The molecule has 1 fully saturated rings. The summed E-state index contributed by atoms with van der Waals surface area (Å²) in [4.78, 5) is 0. The van der Waals surface area contributed by atoms with Crippen molar-refractivity contribution >= 4 is 0 Å². The zero-order valence-corrected chi connectivity index (χ0v) is 16.5. The lowest BCUT2D eigenvalue weighted by Crippen LogP contribution is -2.46. The Morgan fingerprint density at radius 3 is 1.88 bits per heavy atom. The van der Waals surface area contributed by atoms with Gasteiger partial charge in [-0.3, -0.25) is 0 Å². The number of hydrogen-bond donors (Lipinski definition) is 2. The topological polar surface area (TPSA) is 24.1 Å². The van der Waals surface area contributed by atoms with E-state index in [2.05, 4.69) is 71.3 Å². The minimum atomic E-state index is 0.279. The maximum absolute atomic E-state index is 3.68. The van der Waals surface area contributed by atoms with Crippen LogP contribution in [0.15, 0.2) is 60.7 Å². The first-order valence-electron chi connectivity index (χ1n) is 9.90. The van der Waals surface area contributed by atoms with Gasteiger partial charge in [-0.05, 0) is 37.1 Å². The molecule has 1 heterocycles. The van der Waals surface area contributed by atoms with Crippen molar-refractivity contribution in [1.29, 1.82) is 0 Å². The first kappa shape index (κ1) is 21.4. The average molecular weight is 341 g/mol. The fourth-order valence-electron chi connectivity index (χ4n) is 3.31. The Morgan fingerprint density at radius 2 is 1.32 bits per heavy atom. The second-order valence-electron chi connectivity index (χ2n) is 5.99. The molecule has 0 unspecified atom stereocenters. The lowest BCUT2D eigenvalue weighted by molar-refractivity contribution is 0.293. The molecule has 0 saturated carbocycles. The molecule has 0 atom stereocenters. The van der Waals surface area contributed by atoms with Crippen molar-refractivity contribution in [2.24, 2.45) is 0 Å². The molecule has 0 aromatic heterocycles. The SMILES string of the molecule is CC.CC.c1ccc(CNCC2(c3ccccc3)CCNCC2)cc1. The molecule has 0 radical (unpaired) electrons. The fraction of sp³-hybridized carbons (Fsp3) is 0.478. The lowest BCUT2D eigenvalue weighted by Gasteiger charge is -2.38. The number of nitrogens with one attached hydrogen (secondary N) is 2. The third-order valence-electron chi connectivity index (χ3n) is 4.58. The summed E-state index contributed by atoms with van der Waals surface area (Å²) in [5.41, 5.74) is 3.11. The normalized spacial score (nSPS) is 15.2. The summed E-state index contributed by atoms with van der Waals surface area (Å²) in [6.07, 6.45) is 2.41. The number of benzene rings is 2. The van der Waals surface area contributed by atoms with Crippen LogP contribution < -0.4 is 10.6 Å². The van der Waals surface area contributed by atoms with Gasteiger partial charge in [0.05, 0.1) is 0 Å². The Balaban J connectivity index is 0.000000730. The Morgan fingerprint density at radius 1 is 0.800 bits per heavy atom. The van der Waals surface area contributed by atoms with Gasteiger partial charge >= 0.3 is 0 Å². The summed E-state index contributed by atoms with van der Waals surface area (Å²) in [6, 6.07) is 21.7. The van der Waals surface area contributed by atoms with Crippen molar-refractivity contribution in [3.63, 3.8) is 0 Å². The summed E-state index contributed by atoms with van der Waals surface area (Å²) in [6.45, 7) is 12.2. The highest BCUT2D eigenvalue weighted by Crippen LogP contribution is 2.32. The fourth-order valence-corrected chi connectivity index (χ4v) is 3.31. The van der Waals surface area contributed by atoms with Gasteiger partial charge in [-0.25, -0.2) is 0 Å². The summed E-state index contributed by atoms with van der Waals surface area (Å²) < 4.78 is 0. The highest BCUT2D eigenvalue weighted by atomic mass is 14.9. The first-order chi connectivity index (χ1) is 12.4. The van der Waals surface area contributed by atoms with Crippen LogP contribution in [0.25, 0.3) is 0 Å². The van der Waals surface area contributed by atoms with Gasteiger partial charge in [0.2, 0.25) is 0 Å². The predicted octanol–water partition coefficient (Wildman–Crippen LogP) is 5.15. The average Bonchev–Trinajstić information content (AvgIpc) is 2.73. The van der Waals surface area contributed by atoms with Crippen molar-refractivity contribution in [1.82, 2.24) is 10.6 Å². The molecule has 0 bridgehead atoms. The first-order valence-corrected chi connectivity index (χ1v) is 9.90. The minimum Gasteiger partial charge on any atom is -0.317 e. The Bertz CT molecular complexity index is 531. The van der Waals surface area contributed by atoms with Crippen LogP contribution in [-0.2, 0) is 12.0 Å². The largest absolute Gasteiger partial charge is 0.317 e.